The van der Waals surface area contributed by atoms with Gasteiger partial charge in [-0.2, -0.15) is 21.6 Å². The Morgan fingerprint density at radius 1 is 1.16 bits per heavy atom. The molecule has 1 fully saturated rings. The minimum Gasteiger partial charge on any atom is -0.434 e. The van der Waals surface area contributed by atoms with Gasteiger partial charge in [-0.05, 0) is 36.1 Å². The van der Waals surface area contributed by atoms with E-state index in [1.54, 1.807) is 36.4 Å². The highest BCUT2D eigenvalue weighted by atomic mass is 32.3. The van der Waals surface area contributed by atoms with Crippen LogP contribution in [0.15, 0.2) is 47.4 Å². The maximum atomic E-state index is 13.2. The molecule has 11 heteroatoms. The summed E-state index contributed by atoms with van der Waals surface area (Å²) in [5, 5.41) is 1.25. The van der Waals surface area contributed by atoms with Crippen LogP contribution in [0.2, 0.25) is 0 Å². The number of carbonyl (C=O) groups excluding carboxylic acids is 1. The monoisotopic (exact) mass is 480 g/mol. The topological polar surface area (TPSA) is 78.9 Å². The highest BCUT2D eigenvalue weighted by molar-refractivity contribution is 8.33. The normalized spacial score (nSPS) is 23.9. The number of hydrogen-bond donors (Lipinski definition) is 0. The van der Waals surface area contributed by atoms with E-state index in [0.717, 1.165) is 6.42 Å². The van der Waals surface area contributed by atoms with Gasteiger partial charge in [0.05, 0.1) is 6.61 Å². The molecule has 1 aliphatic heterocycles. The van der Waals surface area contributed by atoms with Crippen molar-refractivity contribution in [3.05, 3.63) is 42.5 Å². The molecule has 31 heavy (non-hydrogen) atoms. The average Bonchev–Trinajstić information content (AvgIpc) is 3.09. The van der Waals surface area contributed by atoms with Gasteiger partial charge in [0, 0.05) is 10.6 Å². The minimum atomic E-state index is -5.94. The molecule has 1 saturated heterocycles. The number of rotatable bonds is 7. The van der Waals surface area contributed by atoms with Gasteiger partial charge in [-0.1, -0.05) is 60.1 Å². The molecule has 0 aliphatic carbocycles. The SMILES string of the molecule is CCCCOC(=O)OC1CCCS1(OS(=O)(=O)C(F)(F)F)c1cccc2ccccc12. The van der Waals surface area contributed by atoms with Crippen LogP contribution in [0.4, 0.5) is 18.0 Å². The fourth-order valence-electron chi connectivity index (χ4n) is 3.43. The van der Waals surface area contributed by atoms with E-state index in [9.17, 15) is 26.4 Å². The second-order valence-corrected chi connectivity index (χ2v) is 11.8. The third kappa shape index (κ3) is 4.93. The van der Waals surface area contributed by atoms with Crippen molar-refractivity contribution in [3.8, 4) is 0 Å². The Morgan fingerprint density at radius 3 is 2.58 bits per heavy atom. The number of fused-ring (bicyclic) bond motifs is 1. The molecule has 2 aromatic carbocycles. The molecule has 2 atom stereocenters. The summed E-state index contributed by atoms with van der Waals surface area (Å²) in [6, 6.07) is 11.8. The number of carbonyl (C=O) groups is 1. The Balaban J connectivity index is 2.07. The first-order valence-electron chi connectivity index (χ1n) is 9.74. The van der Waals surface area contributed by atoms with E-state index in [2.05, 4.69) is 0 Å². The molecule has 0 radical (unpaired) electrons. The van der Waals surface area contributed by atoms with Crippen LogP contribution in [0.5, 0.6) is 0 Å². The lowest BCUT2D eigenvalue weighted by molar-refractivity contribution is -0.0497. The maximum Gasteiger partial charge on any atom is 0.523 e. The number of hydrogen-bond acceptors (Lipinski definition) is 6. The number of halogens is 3. The summed E-state index contributed by atoms with van der Waals surface area (Å²) in [5.74, 6) is 0.00320. The molecule has 6 nitrogen and oxygen atoms in total. The van der Waals surface area contributed by atoms with Gasteiger partial charge in [-0.25, -0.2) is 8.42 Å². The molecule has 0 aromatic heterocycles. The molecule has 1 heterocycles. The number of benzene rings is 2. The molecule has 0 bridgehead atoms. The molecule has 1 aliphatic rings. The van der Waals surface area contributed by atoms with Gasteiger partial charge in [0.2, 0.25) is 0 Å². The van der Waals surface area contributed by atoms with Crippen LogP contribution >= 0.6 is 10.3 Å². The maximum absolute atomic E-state index is 13.2. The van der Waals surface area contributed by atoms with Crippen molar-refractivity contribution in [1.82, 2.24) is 0 Å². The summed E-state index contributed by atoms with van der Waals surface area (Å²) in [6.07, 6.45) is 0.813. The molecular weight excluding hydrogens is 457 g/mol. The molecule has 0 spiro atoms. The molecular formula is C20H23F3O6S2. The van der Waals surface area contributed by atoms with E-state index in [-0.39, 0.29) is 18.8 Å². The first-order valence-corrected chi connectivity index (χ1v) is 12.9. The summed E-state index contributed by atoms with van der Waals surface area (Å²) >= 11 is 0. The van der Waals surface area contributed by atoms with E-state index in [1.807, 2.05) is 6.92 Å². The zero-order valence-corrected chi connectivity index (χ0v) is 18.4. The highest BCUT2D eigenvalue weighted by Crippen LogP contribution is 2.69. The molecule has 0 N–H and O–H groups in total. The summed E-state index contributed by atoms with van der Waals surface area (Å²) in [7, 11) is -9.15. The van der Waals surface area contributed by atoms with Crippen LogP contribution in [0, 0.1) is 0 Å². The summed E-state index contributed by atoms with van der Waals surface area (Å²) < 4.78 is 79.2. The van der Waals surface area contributed by atoms with Gasteiger partial charge in [-0.3, -0.25) is 0 Å². The van der Waals surface area contributed by atoms with Gasteiger partial charge in [0.1, 0.15) is 0 Å². The average molecular weight is 481 g/mol. The van der Waals surface area contributed by atoms with E-state index < -0.39 is 37.5 Å². The van der Waals surface area contributed by atoms with Crippen LogP contribution in [-0.4, -0.2) is 37.9 Å². The molecule has 0 amide bonds. The standard InChI is InChI=1S/C20H23F3O6S2/c1-2-3-13-27-19(24)28-18-12-7-14-30(18,29-31(25,26)20(21,22)23)17-11-6-9-15-8-4-5-10-16(15)17/h4-6,8-11,18H,2-3,7,12-14H2,1H3. The van der Waals surface area contributed by atoms with Gasteiger partial charge < -0.3 is 9.47 Å². The fourth-order valence-corrected chi connectivity index (χ4v) is 8.94. The predicted octanol–water partition coefficient (Wildman–Crippen LogP) is 5.86. The van der Waals surface area contributed by atoms with Crippen molar-refractivity contribution in [3.63, 3.8) is 0 Å². The number of ether oxygens (including phenoxy) is 2. The molecule has 172 valence electrons. The van der Waals surface area contributed by atoms with Gasteiger partial charge in [0.25, 0.3) is 0 Å². The lowest BCUT2D eigenvalue weighted by Gasteiger charge is -2.39. The highest BCUT2D eigenvalue weighted by Gasteiger charge is 2.55. The largest absolute Gasteiger partial charge is 0.523 e. The summed E-state index contributed by atoms with van der Waals surface area (Å²) in [4.78, 5) is 12.5. The summed E-state index contributed by atoms with van der Waals surface area (Å²) in [6.45, 7) is 2.00. The zero-order chi connectivity index (χ0) is 22.7. The Labute approximate surface area is 180 Å². The first-order chi connectivity index (χ1) is 14.6. The Kier molecular flexibility index (Phi) is 7.07. The van der Waals surface area contributed by atoms with Crippen LogP contribution < -0.4 is 0 Å². The van der Waals surface area contributed by atoms with E-state index in [0.29, 0.717) is 28.5 Å². The second kappa shape index (κ2) is 9.25. The van der Waals surface area contributed by atoms with Crippen LogP contribution in [0.25, 0.3) is 10.8 Å². The van der Waals surface area contributed by atoms with Gasteiger partial charge in [0.15, 0.2) is 5.44 Å². The Hall–Kier alpha value is -1.98. The van der Waals surface area contributed by atoms with Crippen molar-refractivity contribution in [1.29, 1.82) is 0 Å². The number of alkyl halides is 3. The van der Waals surface area contributed by atoms with Crippen molar-refractivity contribution in [2.24, 2.45) is 0 Å². The third-order valence-electron chi connectivity index (χ3n) is 4.87. The molecule has 0 saturated carbocycles. The smallest absolute Gasteiger partial charge is 0.434 e. The summed E-state index contributed by atoms with van der Waals surface area (Å²) in [5.41, 5.74) is -6.80. The zero-order valence-electron chi connectivity index (χ0n) is 16.8. The molecule has 3 rings (SSSR count). The van der Waals surface area contributed by atoms with Crippen LogP contribution in [-0.2, 0) is 23.2 Å². The van der Waals surface area contributed by atoms with E-state index >= 15 is 0 Å². The van der Waals surface area contributed by atoms with Crippen LogP contribution in [0.1, 0.15) is 32.6 Å². The van der Waals surface area contributed by atoms with Gasteiger partial charge >= 0.3 is 21.8 Å². The quantitative estimate of drug-likeness (QED) is 0.281. The first kappa shape index (κ1) is 23.7. The molecule has 2 unspecified atom stereocenters. The van der Waals surface area contributed by atoms with Crippen molar-refractivity contribution < 1.29 is 39.5 Å². The Bertz CT molecular complexity index is 1040. The Morgan fingerprint density at radius 2 is 1.87 bits per heavy atom. The minimum absolute atomic E-state index is 0.00320. The van der Waals surface area contributed by atoms with E-state index in [1.165, 1.54) is 6.07 Å². The lowest BCUT2D eigenvalue weighted by Crippen LogP contribution is -2.32. The lowest BCUT2D eigenvalue weighted by atomic mass is 10.1. The van der Waals surface area contributed by atoms with E-state index in [4.69, 9.17) is 13.1 Å². The van der Waals surface area contributed by atoms with Crippen molar-refractivity contribution in [2.75, 3.05) is 12.4 Å². The molecule has 2 aromatic rings. The van der Waals surface area contributed by atoms with Gasteiger partial charge in [-0.15, -0.1) is 0 Å². The fraction of sp³-hybridized carbons (Fsp3) is 0.450. The predicted molar refractivity (Wildman–Crippen MR) is 111 cm³/mol. The number of unbranched alkanes of at least 4 members (excludes halogenated alkanes) is 1. The van der Waals surface area contributed by atoms with Crippen molar-refractivity contribution in [2.45, 2.75) is 48.4 Å². The van der Waals surface area contributed by atoms with Crippen LogP contribution in [0.3, 0.4) is 0 Å². The van der Waals surface area contributed by atoms with Crippen molar-refractivity contribution >= 4 is 37.4 Å². The third-order valence-corrected chi connectivity index (χ3v) is 10.3. The second-order valence-electron chi connectivity index (χ2n) is 7.02.